The first-order chi connectivity index (χ1) is 7.62. The number of nitrogens with zero attached hydrogens (tertiary/aromatic N) is 1. The molecule has 1 fully saturated rings. The molecule has 86 valence electrons. The molecule has 1 saturated heterocycles. The number of hydrogen-bond donors (Lipinski definition) is 1. The highest BCUT2D eigenvalue weighted by atomic mass is 35.5. The zero-order valence-electron chi connectivity index (χ0n) is 8.78. The van der Waals surface area contributed by atoms with Gasteiger partial charge in [0.25, 0.3) is 0 Å². The highest BCUT2D eigenvalue weighted by Gasteiger charge is 2.37. The Morgan fingerprint density at radius 1 is 1.69 bits per heavy atom. The van der Waals surface area contributed by atoms with E-state index in [-0.39, 0.29) is 12.2 Å². The van der Waals surface area contributed by atoms with Crippen molar-refractivity contribution in [3.63, 3.8) is 0 Å². The SMILES string of the molecule is NC1(C(=O)Cc2ccncc2Cl)CCOC1. The molecule has 4 nitrogen and oxygen atoms in total. The molecule has 0 bridgehead atoms. The van der Waals surface area contributed by atoms with E-state index in [4.69, 9.17) is 22.1 Å². The van der Waals surface area contributed by atoms with Crippen molar-refractivity contribution in [2.24, 2.45) is 5.73 Å². The fraction of sp³-hybridized carbons (Fsp3) is 0.455. The largest absolute Gasteiger partial charge is 0.379 e. The van der Waals surface area contributed by atoms with Crippen LogP contribution in [-0.2, 0) is 16.0 Å². The summed E-state index contributed by atoms with van der Waals surface area (Å²) in [5, 5.41) is 0.498. The second-order valence-electron chi connectivity index (χ2n) is 4.03. The molecule has 2 N–H and O–H groups in total. The van der Waals surface area contributed by atoms with Gasteiger partial charge in [0.2, 0.25) is 0 Å². The molecule has 0 amide bonds. The molecule has 1 aromatic rings. The van der Waals surface area contributed by atoms with Crippen molar-refractivity contribution in [3.8, 4) is 0 Å². The summed E-state index contributed by atoms with van der Waals surface area (Å²) in [7, 11) is 0. The van der Waals surface area contributed by atoms with Gasteiger partial charge in [-0.2, -0.15) is 0 Å². The Hall–Kier alpha value is -0.970. The Balaban J connectivity index is 2.10. The zero-order valence-corrected chi connectivity index (χ0v) is 9.54. The summed E-state index contributed by atoms with van der Waals surface area (Å²) in [6, 6.07) is 1.74. The lowest BCUT2D eigenvalue weighted by atomic mass is 9.90. The standard InChI is InChI=1S/C11H13ClN2O2/c12-9-6-14-3-1-8(9)5-10(15)11(13)2-4-16-7-11/h1,3,6H,2,4-5,7,13H2. The van der Waals surface area contributed by atoms with E-state index >= 15 is 0 Å². The molecule has 5 heteroatoms. The summed E-state index contributed by atoms with van der Waals surface area (Å²) >= 11 is 5.93. The van der Waals surface area contributed by atoms with Crippen LogP contribution in [0.2, 0.25) is 5.02 Å². The predicted octanol–water partition coefficient (Wildman–Crippen LogP) is 0.964. The van der Waals surface area contributed by atoms with Crippen LogP contribution >= 0.6 is 11.6 Å². The number of pyridine rings is 1. The van der Waals surface area contributed by atoms with Crippen molar-refractivity contribution in [1.82, 2.24) is 4.98 Å². The molecule has 0 saturated carbocycles. The van der Waals surface area contributed by atoms with E-state index in [9.17, 15) is 4.79 Å². The van der Waals surface area contributed by atoms with Gasteiger partial charge in [-0.05, 0) is 18.1 Å². The van der Waals surface area contributed by atoms with Crippen LogP contribution in [0.5, 0.6) is 0 Å². The van der Waals surface area contributed by atoms with E-state index in [0.29, 0.717) is 24.7 Å². The number of Topliss-reactive ketones (excluding diaryl/α,β-unsaturated/α-hetero) is 1. The monoisotopic (exact) mass is 240 g/mol. The van der Waals surface area contributed by atoms with Crippen molar-refractivity contribution >= 4 is 17.4 Å². The molecule has 2 heterocycles. The highest BCUT2D eigenvalue weighted by Crippen LogP contribution is 2.21. The van der Waals surface area contributed by atoms with Crippen LogP contribution in [0.3, 0.4) is 0 Å². The quantitative estimate of drug-likeness (QED) is 0.855. The van der Waals surface area contributed by atoms with Crippen LogP contribution in [-0.4, -0.2) is 29.5 Å². The molecule has 0 aromatic carbocycles. The summed E-state index contributed by atoms with van der Waals surface area (Å²) in [4.78, 5) is 15.9. The fourth-order valence-electron chi connectivity index (χ4n) is 1.70. The minimum atomic E-state index is -0.841. The second-order valence-corrected chi connectivity index (χ2v) is 4.43. The number of hydrogen-bond acceptors (Lipinski definition) is 4. The average Bonchev–Trinajstić information content (AvgIpc) is 2.70. The van der Waals surface area contributed by atoms with Crippen molar-refractivity contribution in [3.05, 3.63) is 29.0 Å². The Morgan fingerprint density at radius 3 is 3.12 bits per heavy atom. The number of ketones is 1. The Morgan fingerprint density at radius 2 is 2.50 bits per heavy atom. The van der Waals surface area contributed by atoms with Crippen LogP contribution in [0.4, 0.5) is 0 Å². The number of rotatable bonds is 3. The highest BCUT2D eigenvalue weighted by molar-refractivity contribution is 6.31. The van der Waals surface area contributed by atoms with Gasteiger partial charge in [0.15, 0.2) is 5.78 Å². The van der Waals surface area contributed by atoms with Gasteiger partial charge in [-0.15, -0.1) is 0 Å². The predicted molar refractivity (Wildman–Crippen MR) is 60.3 cm³/mol. The number of nitrogens with two attached hydrogens (primary N) is 1. The van der Waals surface area contributed by atoms with Crippen LogP contribution in [0.15, 0.2) is 18.5 Å². The van der Waals surface area contributed by atoms with Crippen LogP contribution in [0, 0.1) is 0 Å². The van der Waals surface area contributed by atoms with Gasteiger partial charge in [-0.1, -0.05) is 11.6 Å². The van der Waals surface area contributed by atoms with E-state index < -0.39 is 5.54 Å². The third-order valence-corrected chi connectivity index (χ3v) is 3.16. The maximum atomic E-state index is 12.0. The molecular formula is C11H13ClN2O2. The molecule has 0 spiro atoms. The van der Waals surface area contributed by atoms with Gasteiger partial charge in [-0.3, -0.25) is 9.78 Å². The van der Waals surface area contributed by atoms with Crippen LogP contribution in [0.1, 0.15) is 12.0 Å². The summed E-state index contributed by atoms with van der Waals surface area (Å²) in [5.41, 5.74) is 5.89. The van der Waals surface area contributed by atoms with Gasteiger partial charge >= 0.3 is 0 Å². The van der Waals surface area contributed by atoms with Crippen molar-refractivity contribution in [2.45, 2.75) is 18.4 Å². The van der Waals surface area contributed by atoms with E-state index in [1.165, 1.54) is 6.20 Å². The second kappa shape index (κ2) is 4.49. The third kappa shape index (κ3) is 2.24. The normalized spacial score (nSPS) is 24.6. The van der Waals surface area contributed by atoms with E-state index in [2.05, 4.69) is 4.98 Å². The lowest BCUT2D eigenvalue weighted by molar-refractivity contribution is -0.123. The fourth-order valence-corrected chi connectivity index (χ4v) is 1.88. The first-order valence-corrected chi connectivity index (χ1v) is 5.48. The summed E-state index contributed by atoms with van der Waals surface area (Å²) in [5.74, 6) is -0.0295. The maximum absolute atomic E-state index is 12.0. The lowest BCUT2D eigenvalue weighted by Crippen LogP contribution is -2.49. The number of carbonyl (C=O) groups is 1. The Bertz CT molecular complexity index is 403. The number of aromatic nitrogens is 1. The van der Waals surface area contributed by atoms with Gasteiger partial charge in [-0.25, -0.2) is 0 Å². The lowest BCUT2D eigenvalue weighted by Gasteiger charge is -2.19. The van der Waals surface area contributed by atoms with Gasteiger partial charge in [0.1, 0.15) is 5.54 Å². The first-order valence-electron chi connectivity index (χ1n) is 5.10. The van der Waals surface area contributed by atoms with Gasteiger partial charge in [0.05, 0.1) is 11.6 Å². The summed E-state index contributed by atoms with van der Waals surface area (Å²) < 4.78 is 5.16. The van der Waals surface area contributed by atoms with E-state index in [0.717, 1.165) is 5.56 Å². The molecule has 1 aliphatic rings. The molecule has 16 heavy (non-hydrogen) atoms. The molecule has 1 aromatic heterocycles. The summed E-state index contributed by atoms with van der Waals surface area (Å²) in [6.07, 6.45) is 3.96. The van der Waals surface area contributed by atoms with Gasteiger partial charge in [0, 0.05) is 25.4 Å². The number of ether oxygens (including phenoxy) is 1. The average molecular weight is 241 g/mol. The maximum Gasteiger partial charge on any atom is 0.159 e. The first kappa shape index (κ1) is 11.5. The minimum absolute atomic E-state index is 0.0295. The molecular weight excluding hydrogens is 228 g/mol. The van der Waals surface area contributed by atoms with E-state index in [1.54, 1.807) is 12.3 Å². The molecule has 1 unspecified atom stereocenters. The summed E-state index contributed by atoms with van der Waals surface area (Å²) in [6.45, 7) is 0.848. The topological polar surface area (TPSA) is 65.2 Å². The Kier molecular flexibility index (Phi) is 3.23. The molecule has 0 radical (unpaired) electrons. The number of carbonyl (C=O) groups excluding carboxylic acids is 1. The van der Waals surface area contributed by atoms with Crippen LogP contribution < -0.4 is 5.73 Å². The smallest absolute Gasteiger partial charge is 0.159 e. The number of halogens is 1. The third-order valence-electron chi connectivity index (χ3n) is 2.81. The van der Waals surface area contributed by atoms with Crippen LogP contribution in [0.25, 0.3) is 0 Å². The van der Waals surface area contributed by atoms with Crippen molar-refractivity contribution < 1.29 is 9.53 Å². The molecule has 0 aliphatic carbocycles. The van der Waals surface area contributed by atoms with E-state index in [1.807, 2.05) is 0 Å². The molecule has 1 aliphatic heterocycles. The van der Waals surface area contributed by atoms with Crippen molar-refractivity contribution in [1.29, 1.82) is 0 Å². The minimum Gasteiger partial charge on any atom is -0.379 e. The van der Waals surface area contributed by atoms with Crippen molar-refractivity contribution in [2.75, 3.05) is 13.2 Å². The van der Waals surface area contributed by atoms with Gasteiger partial charge < -0.3 is 10.5 Å². The Labute approximate surface area is 98.8 Å². The molecule has 2 rings (SSSR count). The zero-order chi connectivity index (χ0) is 11.6. The molecule has 1 atom stereocenters.